The smallest absolute Gasteiger partial charge is 0.310 e. The largest absolute Gasteiger partial charge is 0.417 e. The summed E-state index contributed by atoms with van der Waals surface area (Å²) >= 11 is 0. The molecule has 0 spiro atoms. The van der Waals surface area contributed by atoms with E-state index in [9.17, 15) is 26.4 Å². The van der Waals surface area contributed by atoms with Crippen LogP contribution in [0, 0.1) is 5.92 Å². The number of hydrogen-bond acceptors (Lipinski definition) is 4. The minimum absolute atomic E-state index is 0.0541. The number of pyridine rings is 1. The van der Waals surface area contributed by atoms with Crippen molar-refractivity contribution in [3.8, 4) is 0 Å². The highest BCUT2D eigenvalue weighted by atomic mass is 32.2. The second-order valence-electron chi connectivity index (χ2n) is 6.37. The number of amides is 1. The molecule has 1 saturated carbocycles. The predicted octanol–water partition coefficient (Wildman–Crippen LogP) is 1.99. The summed E-state index contributed by atoms with van der Waals surface area (Å²) in [5.74, 6) is -0.608. The highest BCUT2D eigenvalue weighted by Crippen LogP contribution is 2.29. The van der Waals surface area contributed by atoms with Crippen molar-refractivity contribution in [1.29, 1.82) is 0 Å². The first-order chi connectivity index (χ1) is 12.0. The van der Waals surface area contributed by atoms with Crippen LogP contribution in [0.5, 0.6) is 0 Å². The Morgan fingerprint density at radius 3 is 2.27 bits per heavy atom. The Balaban J connectivity index is 1.87. The summed E-state index contributed by atoms with van der Waals surface area (Å²) in [5.41, 5.74) is -0.885. The Hall–Kier alpha value is -1.72. The lowest BCUT2D eigenvalue weighted by Crippen LogP contribution is -2.44. The number of carbonyl (C=O) groups excluding carboxylic acids is 1. The maximum absolute atomic E-state index is 12.5. The van der Waals surface area contributed by atoms with Crippen LogP contribution in [-0.2, 0) is 21.2 Å². The van der Waals surface area contributed by atoms with Crippen molar-refractivity contribution < 1.29 is 26.4 Å². The molecule has 2 N–H and O–H groups in total. The van der Waals surface area contributed by atoms with Crippen LogP contribution in [0.4, 0.5) is 19.0 Å². The average molecular weight is 394 g/mol. The molecule has 0 aliphatic heterocycles. The standard InChI is InChI=1S/C15H21F3N4O3S/c1-22(2)26(24,25)21-12-6-3-10(4-7-12)14(23)20-13-8-5-11(9-19-13)15(16,17)18/h5,8-10,12,21H,3-4,6-7H2,1-2H3,(H,19,20,23). The van der Waals surface area contributed by atoms with Gasteiger partial charge < -0.3 is 5.32 Å². The van der Waals surface area contributed by atoms with Gasteiger partial charge in [0.1, 0.15) is 5.82 Å². The van der Waals surface area contributed by atoms with E-state index >= 15 is 0 Å². The minimum atomic E-state index is -4.48. The monoisotopic (exact) mass is 394 g/mol. The molecule has 0 unspecified atom stereocenters. The van der Waals surface area contributed by atoms with Crippen molar-refractivity contribution in [2.45, 2.75) is 37.9 Å². The lowest BCUT2D eigenvalue weighted by Gasteiger charge is -2.29. The fraction of sp³-hybridized carbons (Fsp3) is 0.600. The Morgan fingerprint density at radius 1 is 1.19 bits per heavy atom. The molecule has 0 aromatic carbocycles. The van der Waals surface area contributed by atoms with Crippen LogP contribution in [0.2, 0.25) is 0 Å². The molecule has 1 amide bonds. The zero-order valence-electron chi connectivity index (χ0n) is 14.4. The fourth-order valence-corrected chi connectivity index (χ4v) is 3.52. The SMILES string of the molecule is CN(C)S(=O)(=O)NC1CCC(C(=O)Nc2ccc(C(F)(F)F)cn2)CC1. The predicted molar refractivity (Wildman–Crippen MR) is 89.4 cm³/mol. The van der Waals surface area contributed by atoms with Gasteiger partial charge in [-0.15, -0.1) is 0 Å². The van der Waals surface area contributed by atoms with Gasteiger partial charge in [0.2, 0.25) is 5.91 Å². The zero-order valence-corrected chi connectivity index (χ0v) is 15.2. The molecule has 11 heteroatoms. The maximum Gasteiger partial charge on any atom is 0.417 e. The number of hydrogen-bond donors (Lipinski definition) is 2. The molecule has 26 heavy (non-hydrogen) atoms. The third kappa shape index (κ3) is 5.39. The molecule has 2 rings (SSSR count). The van der Waals surface area contributed by atoms with Crippen LogP contribution < -0.4 is 10.0 Å². The van der Waals surface area contributed by atoms with Gasteiger partial charge in [-0.25, -0.2) is 4.98 Å². The summed E-state index contributed by atoms with van der Waals surface area (Å²) in [6.45, 7) is 0. The normalized spacial score (nSPS) is 21.6. The minimum Gasteiger partial charge on any atom is -0.310 e. The molecule has 1 fully saturated rings. The Bertz CT molecular complexity index is 727. The third-order valence-electron chi connectivity index (χ3n) is 4.24. The van der Waals surface area contributed by atoms with Crippen molar-refractivity contribution in [2.75, 3.05) is 19.4 Å². The molecule has 146 valence electrons. The van der Waals surface area contributed by atoms with E-state index < -0.39 is 21.9 Å². The molecule has 1 heterocycles. The quantitative estimate of drug-likeness (QED) is 0.799. The van der Waals surface area contributed by atoms with Crippen LogP contribution in [0.25, 0.3) is 0 Å². The number of nitrogens with zero attached hydrogens (tertiary/aromatic N) is 2. The lowest BCUT2D eigenvalue weighted by molar-refractivity contribution is -0.137. The van der Waals surface area contributed by atoms with Crippen molar-refractivity contribution in [1.82, 2.24) is 14.0 Å². The number of nitrogens with one attached hydrogen (secondary N) is 2. The van der Waals surface area contributed by atoms with Crippen LogP contribution in [0.3, 0.4) is 0 Å². The molecule has 0 saturated heterocycles. The summed E-state index contributed by atoms with van der Waals surface area (Å²) in [6, 6.07) is 1.73. The number of rotatable bonds is 5. The van der Waals surface area contributed by atoms with Gasteiger partial charge in [0.15, 0.2) is 0 Å². The molecule has 0 bridgehead atoms. The molecule has 1 aromatic heterocycles. The molecule has 1 aliphatic carbocycles. The van der Waals surface area contributed by atoms with Gasteiger partial charge >= 0.3 is 6.18 Å². The van der Waals surface area contributed by atoms with Gasteiger partial charge in [-0.3, -0.25) is 4.79 Å². The van der Waals surface area contributed by atoms with Crippen molar-refractivity contribution in [2.24, 2.45) is 5.92 Å². The molecule has 1 aliphatic rings. The first-order valence-electron chi connectivity index (χ1n) is 8.03. The fourth-order valence-electron chi connectivity index (χ4n) is 2.65. The summed E-state index contributed by atoms with van der Waals surface area (Å²) in [4.78, 5) is 15.8. The van der Waals surface area contributed by atoms with Gasteiger partial charge in [-0.1, -0.05) is 0 Å². The lowest BCUT2D eigenvalue weighted by atomic mass is 9.86. The molecular weight excluding hydrogens is 373 g/mol. The average Bonchev–Trinajstić information content (AvgIpc) is 2.54. The second kappa shape index (κ2) is 7.89. The van der Waals surface area contributed by atoms with E-state index in [1.54, 1.807) is 0 Å². The summed E-state index contributed by atoms with van der Waals surface area (Å²) in [7, 11) is -0.661. The van der Waals surface area contributed by atoms with Crippen LogP contribution in [-0.4, -0.2) is 43.8 Å². The van der Waals surface area contributed by atoms with E-state index in [-0.39, 0.29) is 23.7 Å². The second-order valence-corrected chi connectivity index (χ2v) is 8.29. The molecular formula is C15H21F3N4O3S. The van der Waals surface area contributed by atoms with E-state index in [1.807, 2.05) is 0 Å². The Kier molecular flexibility index (Phi) is 6.25. The Morgan fingerprint density at radius 2 is 1.81 bits per heavy atom. The van der Waals surface area contributed by atoms with E-state index in [0.717, 1.165) is 16.4 Å². The summed E-state index contributed by atoms with van der Waals surface area (Å²) < 4.78 is 64.8. The maximum atomic E-state index is 12.5. The van der Waals surface area contributed by atoms with E-state index in [1.165, 1.54) is 14.1 Å². The van der Waals surface area contributed by atoms with Gasteiger partial charge in [0, 0.05) is 32.3 Å². The topological polar surface area (TPSA) is 91.4 Å². The summed E-state index contributed by atoms with van der Waals surface area (Å²) in [5, 5.41) is 2.51. The van der Waals surface area contributed by atoms with Crippen LogP contribution in [0.1, 0.15) is 31.2 Å². The van der Waals surface area contributed by atoms with Gasteiger partial charge in [-0.2, -0.15) is 30.6 Å². The van der Waals surface area contributed by atoms with E-state index in [2.05, 4.69) is 15.0 Å². The number of aromatic nitrogens is 1. The molecule has 1 aromatic rings. The van der Waals surface area contributed by atoms with Crippen molar-refractivity contribution >= 4 is 21.9 Å². The van der Waals surface area contributed by atoms with Crippen LogP contribution in [0.15, 0.2) is 18.3 Å². The number of anilines is 1. The van der Waals surface area contributed by atoms with E-state index in [0.29, 0.717) is 31.9 Å². The van der Waals surface area contributed by atoms with Crippen molar-refractivity contribution in [3.63, 3.8) is 0 Å². The summed E-state index contributed by atoms with van der Waals surface area (Å²) in [6.07, 6.45) is -1.84. The molecule has 0 radical (unpaired) electrons. The highest BCUT2D eigenvalue weighted by molar-refractivity contribution is 7.87. The number of carbonyl (C=O) groups is 1. The zero-order chi connectivity index (χ0) is 19.5. The van der Waals surface area contributed by atoms with E-state index in [4.69, 9.17) is 0 Å². The van der Waals surface area contributed by atoms with Crippen LogP contribution >= 0.6 is 0 Å². The third-order valence-corrected chi connectivity index (χ3v) is 5.83. The molecule has 0 atom stereocenters. The number of halogens is 3. The first-order valence-corrected chi connectivity index (χ1v) is 9.47. The Labute approximate surface area is 150 Å². The highest BCUT2D eigenvalue weighted by Gasteiger charge is 2.31. The van der Waals surface area contributed by atoms with Gasteiger partial charge in [0.25, 0.3) is 10.2 Å². The molecule has 7 nitrogen and oxygen atoms in total. The first kappa shape index (κ1) is 20.6. The van der Waals surface area contributed by atoms with Crippen molar-refractivity contribution in [3.05, 3.63) is 23.9 Å². The van der Waals surface area contributed by atoms with Gasteiger partial charge in [-0.05, 0) is 37.8 Å². The van der Waals surface area contributed by atoms with Gasteiger partial charge in [0.05, 0.1) is 5.56 Å². The number of alkyl halides is 3.